The topological polar surface area (TPSA) is 90.3 Å². The van der Waals surface area contributed by atoms with Crippen LogP contribution in [-0.2, 0) is 14.3 Å². The van der Waals surface area contributed by atoms with Crippen molar-refractivity contribution in [2.24, 2.45) is 0 Å². The summed E-state index contributed by atoms with van der Waals surface area (Å²) in [5.74, 6) is -1.99. The minimum absolute atomic E-state index is 0.0297. The van der Waals surface area contributed by atoms with E-state index in [0.717, 1.165) is 24.1 Å². The van der Waals surface area contributed by atoms with Crippen molar-refractivity contribution in [3.8, 4) is 5.75 Å². The monoisotopic (exact) mass is 578 g/mol. The Hall–Kier alpha value is -2.20. The normalized spacial score (nSPS) is 21.0. The van der Waals surface area contributed by atoms with Crippen LogP contribution in [0.4, 0.5) is 0 Å². The molecule has 2 aliphatic rings. The van der Waals surface area contributed by atoms with Gasteiger partial charge in [-0.25, -0.2) is 0 Å². The Morgan fingerprint density at radius 3 is 2.48 bits per heavy atom. The van der Waals surface area contributed by atoms with Gasteiger partial charge in [0, 0.05) is 35.1 Å². The number of carbonyl (C=O) groups excluding carboxylic acids is 2. The summed E-state index contributed by atoms with van der Waals surface area (Å²) in [6.07, 6.45) is 0.680. The van der Waals surface area contributed by atoms with E-state index in [4.69, 9.17) is 4.74 Å². The molecule has 4 rings (SSSR count). The number of aromatic hydroxyl groups is 1. The number of aliphatic hydroxyl groups is 1. The van der Waals surface area contributed by atoms with Crippen molar-refractivity contribution in [3.05, 3.63) is 68.1 Å². The number of benzene rings is 2. The highest BCUT2D eigenvalue weighted by Gasteiger charge is 2.46. The molecular formula is C24H24Br2N2O5. The molecule has 1 amide bonds. The molecule has 0 unspecified atom stereocenters. The predicted octanol–water partition coefficient (Wildman–Crippen LogP) is 4.06. The van der Waals surface area contributed by atoms with Crippen LogP contribution in [-0.4, -0.2) is 71.1 Å². The Bertz CT molecular complexity index is 1100. The third-order valence-corrected chi connectivity index (χ3v) is 6.88. The minimum atomic E-state index is -0.761. The number of nitrogens with zero attached hydrogens (tertiary/aromatic N) is 2. The van der Waals surface area contributed by atoms with Crippen molar-refractivity contribution >= 4 is 49.3 Å². The number of hydrogen-bond donors (Lipinski definition) is 2. The van der Waals surface area contributed by atoms with Crippen molar-refractivity contribution in [3.63, 3.8) is 0 Å². The summed E-state index contributed by atoms with van der Waals surface area (Å²) in [6, 6.07) is 11.1. The Kier molecular flexibility index (Phi) is 7.53. The van der Waals surface area contributed by atoms with Crippen LogP contribution < -0.4 is 0 Å². The molecule has 33 heavy (non-hydrogen) atoms. The quantitative estimate of drug-likeness (QED) is 0.305. The maximum Gasteiger partial charge on any atom is 0.295 e. The third kappa shape index (κ3) is 5.16. The first kappa shape index (κ1) is 23.9. The van der Waals surface area contributed by atoms with Crippen molar-refractivity contribution < 1.29 is 24.5 Å². The maximum absolute atomic E-state index is 13.1. The number of amides is 1. The standard InChI is InChI=1S/C24H24Br2N2O5/c25-16-4-1-3-15(13-16)21-20(22(30)18-14-17(26)5-6-19(18)29)23(31)24(32)28(21)8-2-7-27-9-11-33-12-10-27/h1,3-6,13-14,21,29-30H,2,7-12H2/t21-/m1/s1. The Morgan fingerprint density at radius 1 is 1.03 bits per heavy atom. The first-order valence-electron chi connectivity index (χ1n) is 10.7. The van der Waals surface area contributed by atoms with Gasteiger partial charge in [-0.3, -0.25) is 14.5 Å². The molecule has 0 aromatic heterocycles. The van der Waals surface area contributed by atoms with Crippen LogP contribution in [0.25, 0.3) is 5.76 Å². The van der Waals surface area contributed by atoms with Gasteiger partial charge in [0.15, 0.2) is 0 Å². The summed E-state index contributed by atoms with van der Waals surface area (Å²) in [4.78, 5) is 30.0. The van der Waals surface area contributed by atoms with E-state index >= 15 is 0 Å². The molecule has 0 bridgehead atoms. The molecule has 2 saturated heterocycles. The van der Waals surface area contributed by atoms with E-state index < -0.39 is 23.5 Å². The lowest BCUT2D eigenvalue weighted by Gasteiger charge is -2.29. The first-order valence-corrected chi connectivity index (χ1v) is 12.3. The van der Waals surface area contributed by atoms with Crippen molar-refractivity contribution in [1.82, 2.24) is 9.80 Å². The van der Waals surface area contributed by atoms with Crippen LogP contribution in [0.5, 0.6) is 5.75 Å². The van der Waals surface area contributed by atoms with E-state index in [0.29, 0.717) is 36.2 Å². The highest BCUT2D eigenvalue weighted by atomic mass is 79.9. The van der Waals surface area contributed by atoms with E-state index in [1.54, 1.807) is 6.07 Å². The van der Waals surface area contributed by atoms with Crippen LogP contribution in [0.1, 0.15) is 23.6 Å². The molecule has 2 heterocycles. The van der Waals surface area contributed by atoms with E-state index in [9.17, 15) is 19.8 Å². The summed E-state index contributed by atoms with van der Waals surface area (Å²) < 4.78 is 6.81. The predicted molar refractivity (Wildman–Crippen MR) is 131 cm³/mol. The molecule has 2 fully saturated rings. The van der Waals surface area contributed by atoms with Crippen molar-refractivity contribution in [2.45, 2.75) is 12.5 Å². The molecule has 0 saturated carbocycles. The average Bonchev–Trinajstić information content (AvgIpc) is 3.06. The number of likely N-dealkylation sites (tertiary alicyclic amines) is 1. The molecule has 7 nitrogen and oxygen atoms in total. The Balaban J connectivity index is 1.71. The van der Waals surface area contributed by atoms with E-state index in [1.807, 2.05) is 24.3 Å². The summed E-state index contributed by atoms with van der Waals surface area (Å²) in [5, 5.41) is 21.4. The molecule has 2 aromatic rings. The molecule has 9 heteroatoms. The van der Waals surface area contributed by atoms with Gasteiger partial charge >= 0.3 is 0 Å². The number of phenols is 1. The maximum atomic E-state index is 13.1. The number of halogens is 2. The van der Waals surface area contributed by atoms with Crippen LogP contribution >= 0.6 is 31.9 Å². The van der Waals surface area contributed by atoms with Gasteiger partial charge in [-0.2, -0.15) is 0 Å². The molecule has 2 N–H and O–H groups in total. The molecule has 174 valence electrons. The lowest BCUT2D eigenvalue weighted by atomic mass is 9.95. The second-order valence-corrected chi connectivity index (χ2v) is 9.85. The number of aliphatic hydroxyl groups excluding tert-OH is 1. The second-order valence-electron chi connectivity index (χ2n) is 8.02. The summed E-state index contributed by atoms with van der Waals surface area (Å²) >= 11 is 6.78. The largest absolute Gasteiger partial charge is 0.507 e. The van der Waals surface area contributed by atoms with Crippen molar-refractivity contribution in [2.75, 3.05) is 39.4 Å². The van der Waals surface area contributed by atoms with E-state index in [1.165, 1.54) is 17.0 Å². The van der Waals surface area contributed by atoms with Crippen molar-refractivity contribution in [1.29, 1.82) is 0 Å². The van der Waals surface area contributed by atoms with Gasteiger partial charge in [0.2, 0.25) is 0 Å². The zero-order valence-electron chi connectivity index (χ0n) is 17.8. The minimum Gasteiger partial charge on any atom is -0.507 e. The fourth-order valence-corrected chi connectivity index (χ4v) is 5.04. The fourth-order valence-electron chi connectivity index (χ4n) is 4.27. The lowest BCUT2D eigenvalue weighted by molar-refractivity contribution is -0.140. The number of ether oxygens (including phenoxy) is 1. The fraction of sp³-hybridized carbons (Fsp3) is 0.333. The zero-order chi connectivity index (χ0) is 23.5. The molecule has 0 radical (unpaired) electrons. The Labute approximate surface area is 208 Å². The lowest BCUT2D eigenvalue weighted by Crippen LogP contribution is -2.38. The zero-order valence-corrected chi connectivity index (χ0v) is 21.0. The number of hydrogen-bond acceptors (Lipinski definition) is 6. The van der Waals surface area contributed by atoms with Crippen LogP contribution in [0.2, 0.25) is 0 Å². The highest BCUT2D eigenvalue weighted by molar-refractivity contribution is 9.10. The molecular weight excluding hydrogens is 556 g/mol. The SMILES string of the molecule is O=C1C(=O)N(CCCN2CCOCC2)[C@H](c2cccc(Br)c2)C1=C(O)c1cc(Br)ccc1O. The Morgan fingerprint density at radius 2 is 1.76 bits per heavy atom. The van der Waals surface area contributed by atoms with Crippen LogP contribution in [0.15, 0.2) is 57.0 Å². The average molecular weight is 580 g/mol. The van der Waals surface area contributed by atoms with Gasteiger partial charge in [-0.1, -0.05) is 44.0 Å². The number of rotatable bonds is 6. The van der Waals surface area contributed by atoms with Gasteiger partial charge < -0.3 is 19.8 Å². The van der Waals surface area contributed by atoms with Gasteiger partial charge in [0.25, 0.3) is 11.7 Å². The molecule has 1 atom stereocenters. The number of carbonyl (C=O) groups is 2. The summed E-state index contributed by atoms with van der Waals surface area (Å²) in [6.45, 7) is 4.22. The first-order chi connectivity index (χ1) is 15.9. The molecule has 0 aliphatic carbocycles. The van der Waals surface area contributed by atoms with Gasteiger partial charge in [-0.05, 0) is 42.3 Å². The molecule has 0 spiro atoms. The summed E-state index contributed by atoms with van der Waals surface area (Å²) in [7, 11) is 0. The van der Waals surface area contributed by atoms with Crippen LogP contribution in [0, 0.1) is 0 Å². The summed E-state index contributed by atoms with van der Waals surface area (Å²) in [5.41, 5.74) is 0.763. The van der Waals surface area contributed by atoms with Gasteiger partial charge in [0.05, 0.1) is 30.4 Å². The van der Waals surface area contributed by atoms with Crippen LogP contribution in [0.3, 0.4) is 0 Å². The number of ketones is 1. The third-order valence-electron chi connectivity index (χ3n) is 5.90. The number of morpholine rings is 1. The second kappa shape index (κ2) is 10.4. The molecule has 2 aliphatic heterocycles. The van der Waals surface area contributed by atoms with Gasteiger partial charge in [-0.15, -0.1) is 0 Å². The molecule has 2 aromatic carbocycles. The van der Waals surface area contributed by atoms with E-state index in [-0.39, 0.29) is 16.9 Å². The number of phenolic OH excluding ortho intramolecular Hbond substituents is 1. The van der Waals surface area contributed by atoms with E-state index in [2.05, 4.69) is 36.8 Å². The number of Topliss-reactive ketones (excluding diaryl/α,β-unsaturated/α-hetero) is 1. The smallest absolute Gasteiger partial charge is 0.295 e. The van der Waals surface area contributed by atoms with Gasteiger partial charge in [0.1, 0.15) is 11.5 Å². The highest BCUT2D eigenvalue weighted by Crippen LogP contribution is 2.41.